The lowest BCUT2D eigenvalue weighted by molar-refractivity contribution is -0.143. The van der Waals surface area contributed by atoms with E-state index in [0.717, 1.165) is 37.4 Å². The summed E-state index contributed by atoms with van der Waals surface area (Å²) in [5.74, 6) is 1.29. The minimum atomic E-state index is 0.120. The van der Waals surface area contributed by atoms with E-state index in [1.54, 1.807) is 6.20 Å². The number of amides is 1. The van der Waals surface area contributed by atoms with Gasteiger partial charge >= 0.3 is 0 Å². The summed E-state index contributed by atoms with van der Waals surface area (Å²) in [4.78, 5) is 15.1. The predicted molar refractivity (Wildman–Crippen MR) is 93.7 cm³/mol. The van der Waals surface area contributed by atoms with Crippen LogP contribution >= 0.6 is 0 Å². The Morgan fingerprint density at radius 2 is 1.96 bits per heavy atom. The molecule has 6 nitrogen and oxygen atoms in total. The first-order chi connectivity index (χ1) is 11.9. The Labute approximate surface area is 149 Å². The number of hydrogen-bond donors (Lipinski definition) is 0. The summed E-state index contributed by atoms with van der Waals surface area (Å²) < 4.78 is 7.93. The van der Waals surface area contributed by atoms with Crippen LogP contribution in [0.2, 0.25) is 0 Å². The first-order valence-electron chi connectivity index (χ1n) is 9.73. The first kappa shape index (κ1) is 17.0. The van der Waals surface area contributed by atoms with E-state index in [0.29, 0.717) is 24.5 Å². The van der Waals surface area contributed by atoms with Crippen LogP contribution in [0.15, 0.2) is 6.20 Å². The Morgan fingerprint density at radius 3 is 2.68 bits per heavy atom. The van der Waals surface area contributed by atoms with Crippen molar-refractivity contribution in [2.24, 2.45) is 17.3 Å². The van der Waals surface area contributed by atoms with E-state index in [2.05, 4.69) is 36.0 Å². The van der Waals surface area contributed by atoms with Gasteiger partial charge in [0.25, 0.3) is 0 Å². The average molecular weight is 346 g/mol. The van der Waals surface area contributed by atoms with E-state index >= 15 is 0 Å². The lowest BCUT2D eigenvalue weighted by Crippen LogP contribution is -2.51. The highest BCUT2D eigenvalue weighted by Gasteiger charge is 2.40. The van der Waals surface area contributed by atoms with Gasteiger partial charge in [-0.25, -0.2) is 4.68 Å². The van der Waals surface area contributed by atoms with E-state index in [1.165, 1.54) is 12.8 Å². The number of rotatable bonds is 1. The molecule has 1 aromatic heterocycles. The van der Waals surface area contributed by atoms with Crippen molar-refractivity contribution in [2.75, 3.05) is 13.1 Å². The zero-order valence-corrected chi connectivity index (χ0v) is 15.6. The summed E-state index contributed by atoms with van der Waals surface area (Å²) in [6, 6.07) is 0.120. The molecule has 1 saturated carbocycles. The molecular formula is C19H30N4O2. The lowest BCUT2D eigenvalue weighted by atomic mass is 9.69. The van der Waals surface area contributed by atoms with Crippen LogP contribution in [0.3, 0.4) is 0 Å². The van der Waals surface area contributed by atoms with Crippen molar-refractivity contribution in [3.05, 3.63) is 11.9 Å². The maximum absolute atomic E-state index is 13.1. The van der Waals surface area contributed by atoms with E-state index < -0.39 is 0 Å². The Morgan fingerprint density at radius 1 is 1.20 bits per heavy atom. The van der Waals surface area contributed by atoms with Crippen molar-refractivity contribution in [3.63, 3.8) is 0 Å². The Balaban J connectivity index is 1.40. The van der Waals surface area contributed by atoms with Crippen molar-refractivity contribution in [1.82, 2.24) is 19.9 Å². The number of nitrogens with zero attached hydrogens (tertiary/aromatic N) is 4. The maximum Gasteiger partial charge on any atom is 0.225 e. The highest BCUT2D eigenvalue weighted by atomic mass is 16.5. The Kier molecular flexibility index (Phi) is 4.34. The minimum Gasteiger partial charge on any atom is -0.370 e. The maximum atomic E-state index is 13.1. The zero-order valence-electron chi connectivity index (χ0n) is 15.6. The van der Waals surface area contributed by atoms with Gasteiger partial charge in [0.15, 0.2) is 0 Å². The molecule has 0 bridgehead atoms. The van der Waals surface area contributed by atoms with Gasteiger partial charge in [-0.2, -0.15) is 0 Å². The zero-order chi connectivity index (χ0) is 17.6. The molecule has 3 aliphatic rings. The number of fused-ring (bicyclic) bond motifs is 3. The number of piperidine rings is 1. The van der Waals surface area contributed by atoms with Crippen LogP contribution in [0.4, 0.5) is 0 Å². The number of aromatic nitrogens is 3. The largest absolute Gasteiger partial charge is 0.370 e. The van der Waals surface area contributed by atoms with Crippen molar-refractivity contribution in [1.29, 1.82) is 0 Å². The monoisotopic (exact) mass is 346 g/mol. The smallest absolute Gasteiger partial charge is 0.225 e. The molecule has 0 spiro atoms. The van der Waals surface area contributed by atoms with Crippen LogP contribution in [0.25, 0.3) is 0 Å². The third kappa shape index (κ3) is 3.21. The average Bonchev–Trinajstić information content (AvgIpc) is 3.09. The van der Waals surface area contributed by atoms with Gasteiger partial charge < -0.3 is 9.64 Å². The second-order valence-corrected chi connectivity index (χ2v) is 9.07. The van der Waals surface area contributed by atoms with Gasteiger partial charge in [0.1, 0.15) is 0 Å². The molecule has 1 aromatic rings. The summed E-state index contributed by atoms with van der Waals surface area (Å²) in [6.45, 7) is 9.07. The van der Waals surface area contributed by atoms with Crippen LogP contribution in [0.5, 0.6) is 0 Å². The number of hydrogen-bond acceptors (Lipinski definition) is 4. The highest BCUT2D eigenvalue weighted by molar-refractivity contribution is 5.79. The number of ether oxygens (including phenoxy) is 1. The summed E-state index contributed by atoms with van der Waals surface area (Å²) >= 11 is 0. The second kappa shape index (κ2) is 6.38. The summed E-state index contributed by atoms with van der Waals surface area (Å²) in [5, 5.41) is 8.25. The standard InChI is InChI=1S/C19H30N4O2/c1-19(2,3)14-6-4-13(5-7-14)18(24)22-9-8-17-16(11-22)23-15(12-25-17)10-20-21-23/h10,13-14,16-17H,4-9,11-12H2,1-3H3/t13?,14?,16-,17-/m1/s1. The number of carbonyl (C=O) groups is 1. The van der Waals surface area contributed by atoms with Gasteiger partial charge in [-0.3, -0.25) is 4.79 Å². The van der Waals surface area contributed by atoms with Crippen molar-refractivity contribution >= 4 is 5.91 Å². The number of carbonyl (C=O) groups excluding carboxylic acids is 1. The SMILES string of the molecule is CC(C)(C)C1CCC(C(=O)N2CC[C@H]3OCc4cnnn4[C@@H]3C2)CC1. The van der Waals surface area contributed by atoms with Gasteiger partial charge in [0, 0.05) is 19.0 Å². The molecule has 1 amide bonds. The third-order valence-electron chi connectivity index (χ3n) is 6.54. The quantitative estimate of drug-likeness (QED) is 0.784. The third-order valence-corrected chi connectivity index (χ3v) is 6.54. The molecule has 0 radical (unpaired) electrons. The first-order valence-corrected chi connectivity index (χ1v) is 9.73. The summed E-state index contributed by atoms with van der Waals surface area (Å²) in [7, 11) is 0. The molecule has 3 heterocycles. The van der Waals surface area contributed by atoms with Crippen molar-refractivity contribution < 1.29 is 9.53 Å². The highest BCUT2D eigenvalue weighted by Crippen LogP contribution is 2.41. The van der Waals surface area contributed by atoms with Gasteiger partial charge in [-0.05, 0) is 43.4 Å². The van der Waals surface area contributed by atoms with E-state index in [9.17, 15) is 4.79 Å². The van der Waals surface area contributed by atoms with Crippen LogP contribution in [-0.2, 0) is 16.1 Å². The molecule has 0 N–H and O–H groups in total. The van der Waals surface area contributed by atoms with Gasteiger partial charge in [-0.1, -0.05) is 26.0 Å². The molecule has 2 aliphatic heterocycles. The minimum absolute atomic E-state index is 0.120. The van der Waals surface area contributed by atoms with E-state index in [-0.39, 0.29) is 18.1 Å². The fraction of sp³-hybridized carbons (Fsp3) is 0.842. The molecule has 1 aliphatic carbocycles. The molecule has 4 rings (SSSR count). The molecular weight excluding hydrogens is 316 g/mol. The lowest BCUT2D eigenvalue weighted by Gasteiger charge is -2.43. The second-order valence-electron chi connectivity index (χ2n) is 9.07. The van der Waals surface area contributed by atoms with Gasteiger partial charge in [0.2, 0.25) is 5.91 Å². The molecule has 0 unspecified atom stereocenters. The molecule has 2 fully saturated rings. The van der Waals surface area contributed by atoms with Gasteiger partial charge in [-0.15, -0.1) is 5.10 Å². The predicted octanol–water partition coefficient (Wildman–Crippen LogP) is 2.80. The molecule has 138 valence electrons. The Bertz CT molecular complexity index is 628. The van der Waals surface area contributed by atoms with Crippen LogP contribution in [0, 0.1) is 17.3 Å². The molecule has 0 aromatic carbocycles. The fourth-order valence-corrected chi connectivity index (χ4v) is 4.84. The van der Waals surface area contributed by atoms with Crippen LogP contribution in [-0.4, -0.2) is 45.0 Å². The van der Waals surface area contributed by atoms with Gasteiger partial charge in [0.05, 0.1) is 30.6 Å². The molecule has 25 heavy (non-hydrogen) atoms. The molecule has 2 atom stereocenters. The normalized spacial score (nSPS) is 32.8. The molecule has 6 heteroatoms. The van der Waals surface area contributed by atoms with Crippen LogP contribution in [0.1, 0.15) is 64.6 Å². The topological polar surface area (TPSA) is 60.3 Å². The summed E-state index contributed by atoms with van der Waals surface area (Å²) in [6.07, 6.45) is 7.26. The van der Waals surface area contributed by atoms with Crippen LogP contribution < -0.4 is 0 Å². The number of likely N-dealkylation sites (tertiary alicyclic amines) is 1. The van der Waals surface area contributed by atoms with E-state index in [4.69, 9.17) is 4.74 Å². The fourth-order valence-electron chi connectivity index (χ4n) is 4.84. The summed E-state index contributed by atoms with van der Waals surface area (Å²) in [5.41, 5.74) is 1.37. The molecule has 1 saturated heterocycles. The Hall–Kier alpha value is -1.43. The van der Waals surface area contributed by atoms with Crippen molar-refractivity contribution in [3.8, 4) is 0 Å². The van der Waals surface area contributed by atoms with Crippen molar-refractivity contribution in [2.45, 2.75) is 71.6 Å². The van der Waals surface area contributed by atoms with E-state index in [1.807, 2.05) is 4.68 Å².